The Morgan fingerprint density at radius 2 is 2.25 bits per heavy atom. The van der Waals surface area contributed by atoms with Gasteiger partial charge in [0.15, 0.2) is 17.2 Å². The van der Waals surface area contributed by atoms with Crippen LogP contribution in [0.4, 0.5) is 0 Å². The highest BCUT2D eigenvalue weighted by atomic mass is 16.8. The monoisotopic (exact) mass is 228 g/mol. The van der Waals surface area contributed by atoms with Crippen LogP contribution in [0.3, 0.4) is 0 Å². The van der Waals surface area contributed by atoms with Crippen LogP contribution in [0, 0.1) is 0 Å². The predicted molar refractivity (Wildman–Crippen MR) is 54.7 cm³/mol. The zero-order valence-corrected chi connectivity index (χ0v) is 9.69. The van der Waals surface area contributed by atoms with Crippen LogP contribution >= 0.6 is 0 Å². The first kappa shape index (κ1) is 11.7. The van der Waals surface area contributed by atoms with E-state index in [9.17, 15) is 4.79 Å². The summed E-state index contributed by atoms with van der Waals surface area (Å²) in [6.07, 6.45) is 2.83. The van der Waals surface area contributed by atoms with Crippen molar-refractivity contribution in [3.05, 3.63) is 12.2 Å². The van der Waals surface area contributed by atoms with Gasteiger partial charge in [-0.05, 0) is 26.0 Å². The molecule has 16 heavy (non-hydrogen) atoms. The highest BCUT2D eigenvalue weighted by Crippen LogP contribution is 2.41. The molecule has 0 amide bonds. The largest absolute Gasteiger partial charge is 0.359 e. The van der Waals surface area contributed by atoms with Crippen LogP contribution in [-0.2, 0) is 23.7 Å². The molecule has 0 aromatic rings. The van der Waals surface area contributed by atoms with E-state index in [1.807, 2.05) is 0 Å². The Bertz CT molecular complexity index is 322. The molecule has 0 N–H and O–H groups in total. The minimum absolute atomic E-state index is 0.112. The Hall–Kier alpha value is -0.750. The Labute approximate surface area is 94.3 Å². The van der Waals surface area contributed by atoms with E-state index in [0.29, 0.717) is 0 Å². The van der Waals surface area contributed by atoms with Crippen molar-refractivity contribution in [2.75, 3.05) is 20.5 Å². The second-order valence-corrected chi connectivity index (χ2v) is 4.41. The van der Waals surface area contributed by atoms with Gasteiger partial charge in [-0.1, -0.05) is 0 Å². The van der Waals surface area contributed by atoms with Gasteiger partial charge in [0.05, 0.1) is 6.61 Å². The molecule has 0 saturated carbocycles. The number of ketones is 1. The van der Waals surface area contributed by atoms with Crippen molar-refractivity contribution in [1.29, 1.82) is 0 Å². The number of methoxy groups -OCH3 is 1. The highest BCUT2D eigenvalue weighted by molar-refractivity contribution is 6.01. The number of rotatable bonds is 4. The van der Waals surface area contributed by atoms with Gasteiger partial charge < -0.3 is 18.9 Å². The molecule has 0 spiro atoms. The minimum atomic E-state index is -1.03. The number of hydrogen-bond donors (Lipinski definition) is 0. The first-order chi connectivity index (χ1) is 7.50. The maximum absolute atomic E-state index is 11.8. The molecule has 0 aromatic heterocycles. The molecule has 0 radical (unpaired) electrons. The molecule has 5 heteroatoms. The normalized spacial score (nSPS) is 35.7. The van der Waals surface area contributed by atoms with Crippen molar-refractivity contribution in [2.24, 2.45) is 0 Å². The highest BCUT2D eigenvalue weighted by Gasteiger charge is 2.59. The fourth-order valence-corrected chi connectivity index (χ4v) is 2.08. The molecule has 1 aliphatic carbocycles. The van der Waals surface area contributed by atoms with E-state index in [2.05, 4.69) is 0 Å². The first-order valence-electron chi connectivity index (χ1n) is 5.17. The summed E-state index contributed by atoms with van der Waals surface area (Å²) >= 11 is 0. The lowest BCUT2D eigenvalue weighted by Gasteiger charge is -2.26. The van der Waals surface area contributed by atoms with Crippen LogP contribution in [0.5, 0.6) is 0 Å². The van der Waals surface area contributed by atoms with Crippen LogP contribution in [0.1, 0.15) is 13.8 Å². The van der Waals surface area contributed by atoms with Crippen LogP contribution in [0.2, 0.25) is 0 Å². The Morgan fingerprint density at radius 3 is 2.94 bits per heavy atom. The van der Waals surface area contributed by atoms with Crippen molar-refractivity contribution in [1.82, 2.24) is 0 Å². The number of hydrogen-bond acceptors (Lipinski definition) is 5. The standard InChI is InChI=1S/C11H16O5/c1-10(2)15-9-5-4-8(12)11(9,16-10)6-14-7-13-3/h4-5,9H,6-7H2,1-3H3/t9-,11+/m0/s1. The van der Waals surface area contributed by atoms with Crippen molar-refractivity contribution >= 4 is 5.78 Å². The zero-order valence-electron chi connectivity index (χ0n) is 9.69. The fraction of sp³-hybridized carbons (Fsp3) is 0.727. The molecule has 1 heterocycles. The summed E-state index contributed by atoms with van der Waals surface area (Å²) in [7, 11) is 1.53. The molecule has 2 atom stereocenters. The van der Waals surface area contributed by atoms with Crippen LogP contribution in [0.15, 0.2) is 12.2 Å². The third-order valence-electron chi connectivity index (χ3n) is 2.66. The number of carbonyl (C=O) groups is 1. The fourth-order valence-electron chi connectivity index (χ4n) is 2.08. The predicted octanol–water partition coefficient (Wildman–Crippen LogP) is 0.636. The summed E-state index contributed by atoms with van der Waals surface area (Å²) in [5.74, 6) is -0.874. The van der Waals surface area contributed by atoms with Crippen molar-refractivity contribution < 1.29 is 23.7 Å². The summed E-state index contributed by atoms with van der Waals surface area (Å²) in [6.45, 7) is 3.83. The maximum Gasteiger partial charge on any atom is 0.192 e. The number of carbonyl (C=O) groups excluding carboxylic acids is 1. The molecule has 0 aromatic carbocycles. The number of fused-ring (bicyclic) bond motifs is 1. The Kier molecular flexibility index (Phi) is 2.88. The average Bonchev–Trinajstić information content (AvgIpc) is 2.61. The molecule has 2 aliphatic rings. The van der Waals surface area contributed by atoms with E-state index in [1.165, 1.54) is 13.2 Å². The Balaban J connectivity index is 2.12. The third kappa shape index (κ3) is 1.80. The van der Waals surface area contributed by atoms with Gasteiger partial charge in [-0.15, -0.1) is 0 Å². The molecular formula is C11H16O5. The SMILES string of the molecule is COCOC[C@]12OC(C)(C)O[C@H]1C=CC2=O. The molecule has 90 valence electrons. The van der Waals surface area contributed by atoms with Crippen molar-refractivity contribution in [3.63, 3.8) is 0 Å². The summed E-state index contributed by atoms with van der Waals surface area (Å²) in [5, 5.41) is 0. The van der Waals surface area contributed by atoms with E-state index in [0.717, 1.165) is 0 Å². The van der Waals surface area contributed by atoms with Gasteiger partial charge in [-0.2, -0.15) is 0 Å². The van der Waals surface area contributed by atoms with E-state index in [4.69, 9.17) is 18.9 Å². The van der Waals surface area contributed by atoms with E-state index >= 15 is 0 Å². The van der Waals surface area contributed by atoms with Gasteiger partial charge in [-0.3, -0.25) is 4.79 Å². The lowest BCUT2D eigenvalue weighted by atomic mass is 9.99. The molecule has 0 bridgehead atoms. The third-order valence-corrected chi connectivity index (χ3v) is 2.66. The van der Waals surface area contributed by atoms with Gasteiger partial charge in [0.25, 0.3) is 0 Å². The van der Waals surface area contributed by atoms with Crippen molar-refractivity contribution in [3.8, 4) is 0 Å². The van der Waals surface area contributed by atoms with Gasteiger partial charge in [0.2, 0.25) is 0 Å². The summed E-state index contributed by atoms with van der Waals surface area (Å²) in [6, 6.07) is 0. The van der Waals surface area contributed by atoms with Crippen LogP contribution in [-0.4, -0.2) is 43.8 Å². The minimum Gasteiger partial charge on any atom is -0.359 e. The quantitative estimate of drug-likeness (QED) is 0.522. The number of ether oxygens (including phenoxy) is 4. The van der Waals surface area contributed by atoms with E-state index in [1.54, 1.807) is 19.9 Å². The molecule has 1 saturated heterocycles. The average molecular weight is 228 g/mol. The van der Waals surface area contributed by atoms with Gasteiger partial charge >= 0.3 is 0 Å². The lowest BCUT2D eigenvalue weighted by molar-refractivity contribution is -0.185. The van der Waals surface area contributed by atoms with Gasteiger partial charge in [-0.25, -0.2) is 0 Å². The van der Waals surface area contributed by atoms with Gasteiger partial charge in [0, 0.05) is 7.11 Å². The molecule has 1 aliphatic heterocycles. The van der Waals surface area contributed by atoms with E-state index in [-0.39, 0.29) is 25.3 Å². The molecule has 5 nitrogen and oxygen atoms in total. The lowest BCUT2D eigenvalue weighted by Crippen LogP contribution is -2.47. The Morgan fingerprint density at radius 1 is 1.50 bits per heavy atom. The molecular weight excluding hydrogens is 212 g/mol. The molecule has 1 fully saturated rings. The zero-order chi connectivity index (χ0) is 11.8. The molecule has 0 unspecified atom stereocenters. The maximum atomic E-state index is 11.8. The second-order valence-electron chi connectivity index (χ2n) is 4.41. The van der Waals surface area contributed by atoms with Crippen LogP contribution < -0.4 is 0 Å². The van der Waals surface area contributed by atoms with E-state index < -0.39 is 11.4 Å². The smallest absolute Gasteiger partial charge is 0.192 e. The van der Waals surface area contributed by atoms with Crippen molar-refractivity contribution in [2.45, 2.75) is 31.3 Å². The first-order valence-corrected chi connectivity index (χ1v) is 5.17. The van der Waals surface area contributed by atoms with Gasteiger partial charge in [0.1, 0.15) is 12.9 Å². The summed E-state index contributed by atoms with van der Waals surface area (Å²) < 4.78 is 21.4. The second kappa shape index (κ2) is 3.92. The van der Waals surface area contributed by atoms with Crippen LogP contribution in [0.25, 0.3) is 0 Å². The topological polar surface area (TPSA) is 54.0 Å². The molecule has 2 rings (SSSR count). The summed E-state index contributed by atoms with van der Waals surface area (Å²) in [4.78, 5) is 11.8. The summed E-state index contributed by atoms with van der Waals surface area (Å²) in [5.41, 5.74) is -1.03.